The highest BCUT2D eigenvalue weighted by Crippen LogP contribution is 2.57. The molecule has 3 aliphatic rings. The van der Waals surface area contributed by atoms with E-state index in [2.05, 4.69) is 36.7 Å². The number of nitrogens with one attached hydrogen (secondary N) is 3. The summed E-state index contributed by atoms with van der Waals surface area (Å²) in [4.78, 5) is 28.1. The van der Waals surface area contributed by atoms with Gasteiger partial charge < -0.3 is 21.1 Å². The van der Waals surface area contributed by atoms with Gasteiger partial charge in [-0.05, 0) is 66.8 Å². The van der Waals surface area contributed by atoms with Gasteiger partial charge in [0, 0.05) is 28.7 Å². The van der Waals surface area contributed by atoms with Crippen molar-refractivity contribution in [1.29, 1.82) is 0 Å². The predicted molar refractivity (Wildman–Crippen MR) is 147 cm³/mol. The molecule has 1 spiro atoms. The number of benzene rings is 2. The van der Waals surface area contributed by atoms with Gasteiger partial charge >= 0.3 is 0 Å². The fourth-order valence-corrected chi connectivity index (χ4v) is 7.02. The monoisotopic (exact) mass is 561 g/mol. The number of fused-ring (bicyclic) bond motifs is 2. The molecule has 4 atom stereocenters. The summed E-state index contributed by atoms with van der Waals surface area (Å²) < 4.78 is 15.8. The summed E-state index contributed by atoms with van der Waals surface area (Å²) in [7, 11) is 0. The third-order valence-corrected chi connectivity index (χ3v) is 8.79. The Balaban J connectivity index is 1.67. The lowest BCUT2D eigenvalue weighted by molar-refractivity contribution is -0.124. The van der Waals surface area contributed by atoms with Crippen LogP contribution >= 0.6 is 23.2 Å². The Kier molecular flexibility index (Phi) is 7.27. The standard InChI is InChI=1S/C29H34Cl2FN3O3/c1-28(2,3)14-22-29(19-12-7-15(30)13-21(19)34-27(29)38)23(18-5-4-6-20(31)24(18)32)25(35-22)26(37)33-16-8-10-17(36)11-9-16/h4-7,12-13,16-17,22-23,25,35-36H,8-11,14H2,1-3H3,(H,33,37)(H,34,38)/t16?,17?,22-,23-,25+,29+/m1/s1. The molecule has 1 saturated carbocycles. The van der Waals surface area contributed by atoms with E-state index in [-0.39, 0.29) is 40.0 Å². The van der Waals surface area contributed by atoms with E-state index in [4.69, 9.17) is 23.2 Å². The van der Waals surface area contributed by atoms with Gasteiger partial charge in [-0.3, -0.25) is 9.59 Å². The summed E-state index contributed by atoms with van der Waals surface area (Å²) in [5, 5.41) is 19.9. The third kappa shape index (κ3) is 4.72. The predicted octanol–water partition coefficient (Wildman–Crippen LogP) is 5.30. The van der Waals surface area contributed by atoms with E-state index < -0.39 is 29.2 Å². The fourth-order valence-electron chi connectivity index (χ4n) is 6.66. The van der Waals surface area contributed by atoms with E-state index in [0.717, 1.165) is 0 Å². The van der Waals surface area contributed by atoms with Gasteiger partial charge in [0.1, 0.15) is 11.2 Å². The molecule has 2 heterocycles. The molecule has 0 radical (unpaired) electrons. The van der Waals surface area contributed by atoms with Crippen molar-refractivity contribution in [2.24, 2.45) is 5.41 Å². The summed E-state index contributed by atoms with van der Waals surface area (Å²) in [5.74, 6) is -2.09. The third-order valence-electron chi connectivity index (χ3n) is 8.26. The van der Waals surface area contributed by atoms with Crippen molar-refractivity contribution in [1.82, 2.24) is 10.6 Å². The number of amides is 2. The number of hydrogen-bond acceptors (Lipinski definition) is 4. The molecule has 1 saturated heterocycles. The Morgan fingerprint density at radius 3 is 2.55 bits per heavy atom. The van der Waals surface area contributed by atoms with Gasteiger partial charge in [-0.25, -0.2) is 4.39 Å². The molecule has 5 rings (SSSR count). The molecule has 0 aromatic heterocycles. The summed E-state index contributed by atoms with van der Waals surface area (Å²) in [5.41, 5.74) is -0.00278. The molecule has 38 heavy (non-hydrogen) atoms. The maximum Gasteiger partial charge on any atom is 0.238 e. The van der Waals surface area contributed by atoms with Crippen LogP contribution in [0.2, 0.25) is 10.0 Å². The van der Waals surface area contributed by atoms with Crippen LogP contribution in [0.15, 0.2) is 36.4 Å². The number of aliphatic hydroxyl groups is 1. The first-order valence-electron chi connectivity index (χ1n) is 13.2. The maximum atomic E-state index is 15.8. The van der Waals surface area contributed by atoms with Crippen LogP contribution in [0.3, 0.4) is 0 Å². The molecule has 2 aromatic rings. The highest BCUT2D eigenvalue weighted by molar-refractivity contribution is 6.31. The van der Waals surface area contributed by atoms with Gasteiger partial charge in [-0.1, -0.05) is 62.2 Å². The molecule has 2 fully saturated rings. The van der Waals surface area contributed by atoms with Crippen LogP contribution in [-0.2, 0) is 15.0 Å². The largest absolute Gasteiger partial charge is 0.393 e. The quantitative estimate of drug-likeness (QED) is 0.407. The zero-order valence-electron chi connectivity index (χ0n) is 21.8. The number of hydrogen-bond donors (Lipinski definition) is 4. The minimum Gasteiger partial charge on any atom is -0.393 e. The first-order chi connectivity index (χ1) is 17.9. The lowest BCUT2D eigenvalue weighted by atomic mass is 9.62. The summed E-state index contributed by atoms with van der Waals surface area (Å²) in [6.45, 7) is 6.23. The Morgan fingerprint density at radius 2 is 1.87 bits per heavy atom. The number of carbonyl (C=O) groups is 2. The van der Waals surface area contributed by atoms with Crippen molar-refractivity contribution in [3.05, 3.63) is 63.4 Å². The highest BCUT2D eigenvalue weighted by atomic mass is 35.5. The Hall–Kier alpha value is -2.19. The SMILES string of the molecule is CC(C)(C)C[C@H]1N[C@H](C(=O)NC2CCC(O)CC2)[C@@H](c2cccc(Cl)c2F)[C@@]12C(=O)Nc1cc(Cl)ccc12. The molecule has 9 heteroatoms. The van der Waals surface area contributed by atoms with Gasteiger partial charge in [0.05, 0.1) is 17.2 Å². The molecule has 0 bridgehead atoms. The van der Waals surface area contributed by atoms with E-state index in [1.165, 1.54) is 6.07 Å². The normalized spacial score (nSPS) is 30.8. The van der Waals surface area contributed by atoms with E-state index in [9.17, 15) is 14.7 Å². The van der Waals surface area contributed by atoms with Crippen molar-refractivity contribution < 1.29 is 19.1 Å². The molecule has 6 nitrogen and oxygen atoms in total. The molecule has 204 valence electrons. The number of halogens is 3. The second kappa shape index (κ2) is 10.1. The molecular weight excluding hydrogens is 528 g/mol. The Bertz CT molecular complexity index is 1260. The molecule has 4 N–H and O–H groups in total. The van der Waals surface area contributed by atoms with Crippen molar-refractivity contribution in [2.45, 2.75) is 88.4 Å². The molecule has 1 aliphatic carbocycles. The van der Waals surface area contributed by atoms with Gasteiger partial charge in [-0.15, -0.1) is 0 Å². The van der Waals surface area contributed by atoms with Crippen LogP contribution in [0.25, 0.3) is 0 Å². The maximum absolute atomic E-state index is 15.8. The fraction of sp³-hybridized carbons (Fsp3) is 0.517. The van der Waals surface area contributed by atoms with E-state index >= 15 is 4.39 Å². The van der Waals surface area contributed by atoms with E-state index in [1.54, 1.807) is 24.3 Å². The molecule has 0 unspecified atom stereocenters. The zero-order valence-corrected chi connectivity index (χ0v) is 23.3. The van der Waals surface area contributed by atoms with E-state index in [1.807, 2.05) is 6.07 Å². The smallest absolute Gasteiger partial charge is 0.238 e. The van der Waals surface area contributed by atoms with Gasteiger partial charge in [0.25, 0.3) is 0 Å². The molecule has 2 amide bonds. The van der Waals surface area contributed by atoms with Crippen molar-refractivity contribution in [3.63, 3.8) is 0 Å². The summed E-state index contributed by atoms with van der Waals surface area (Å²) in [6, 6.07) is 8.50. The van der Waals surface area contributed by atoms with Crippen LogP contribution in [0, 0.1) is 11.2 Å². The first-order valence-corrected chi connectivity index (χ1v) is 14.0. The zero-order chi connectivity index (χ0) is 27.4. The van der Waals surface area contributed by atoms with Gasteiger partial charge in [-0.2, -0.15) is 0 Å². The Morgan fingerprint density at radius 1 is 1.16 bits per heavy atom. The van der Waals surface area contributed by atoms with Gasteiger partial charge in [0.2, 0.25) is 11.8 Å². The van der Waals surface area contributed by atoms with Crippen molar-refractivity contribution in [3.8, 4) is 0 Å². The lowest BCUT2D eigenvalue weighted by Crippen LogP contribution is -2.50. The number of anilines is 1. The van der Waals surface area contributed by atoms with Crippen molar-refractivity contribution in [2.75, 3.05) is 5.32 Å². The topological polar surface area (TPSA) is 90.5 Å². The molecule has 2 aliphatic heterocycles. The molecule has 2 aromatic carbocycles. The summed E-state index contributed by atoms with van der Waals surface area (Å²) >= 11 is 12.5. The van der Waals surface area contributed by atoms with Crippen LogP contribution in [-0.4, -0.2) is 41.2 Å². The summed E-state index contributed by atoms with van der Waals surface area (Å²) in [6.07, 6.45) is 2.75. The van der Waals surface area contributed by atoms with E-state index in [0.29, 0.717) is 48.4 Å². The number of aliphatic hydroxyl groups excluding tert-OH is 1. The van der Waals surface area contributed by atoms with Crippen LogP contribution in [0.1, 0.15) is 69.9 Å². The molecular formula is C29H34Cl2FN3O3. The first kappa shape index (κ1) is 27.4. The lowest BCUT2D eigenvalue weighted by Gasteiger charge is -2.38. The number of rotatable bonds is 4. The van der Waals surface area contributed by atoms with Crippen molar-refractivity contribution >= 4 is 40.7 Å². The van der Waals surface area contributed by atoms with Crippen LogP contribution < -0.4 is 16.0 Å². The average Bonchev–Trinajstić information content (AvgIpc) is 3.31. The van der Waals surface area contributed by atoms with Crippen LogP contribution in [0.5, 0.6) is 0 Å². The minimum absolute atomic E-state index is 0.0629. The second-order valence-electron chi connectivity index (χ2n) is 12.1. The second-order valence-corrected chi connectivity index (χ2v) is 13.0. The minimum atomic E-state index is -1.27. The highest BCUT2D eigenvalue weighted by Gasteiger charge is 2.66. The Labute approximate surface area is 232 Å². The van der Waals surface area contributed by atoms with Crippen LogP contribution in [0.4, 0.5) is 10.1 Å². The average molecular weight is 563 g/mol. The number of carbonyl (C=O) groups excluding carboxylic acids is 2. The van der Waals surface area contributed by atoms with Gasteiger partial charge in [0.15, 0.2) is 0 Å².